The number of fused-ring (bicyclic) bond motifs is 1. The molecule has 3 aromatic rings. The standard InChI is InChI=1S/C17H16N2O2/c1-10-4-5-11(2)16(8-10)19-12(3)18-14-9-13(17(20)21)6-7-15(14)19/h4-9H,1-3H3,(H,20,21). The molecule has 0 aliphatic rings. The molecule has 4 heteroatoms. The number of hydrogen-bond acceptors (Lipinski definition) is 2. The smallest absolute Gasteiger partial charge is 0.335 e. The van der Waals surface area contributed by atoms with Crippen molar-refractivity contribution in [3.63, 3.8) is 0 Å². The van der Waals surface area contributed by atoms with E-state index in [1.165, 1.54) is 5.56 Å². The van der Waals surface area contributed by atoms with Gasteiger partial charge < -0.3 is 5.11 Å². The Kier molecular flexibility index (Phi) is 3.01. The first-order chi connectivity index (χ1) is 9.97. The van der Waals surface area contributed by atoms with Gasteiger partial charge in [-0.05, 0) is 56.2 Å². The summed E-state index contributed by atoms with van der Waals surface area (Å²) in [6.45, 7) is 6.05. The van der Waals surface area contributed by atoms with E-state index in [4.69, 9.17) is 5.11 Å². The van der Waals surface area contributed by atoms with Crippen LogP contribution in [-0.2, 0) is 0 Å². The van der Waals surface area contributed by atoms with E-state index >= 15 is 0 Å². The molecule has 2 aromatic carbocycles. The van der Waals surface area contributed by atoms with Crippen molar-refractivity contribution in [1.82, 2.24) is 9.55 Å². The number of aromatic carboxylic acids is 1. The fourth-order valence-electron chi connectivity index (χ4n) is 2.60. The van der Waals surface area contributed by atoms with Crippen LogP contribution in [0.1, 0.15) is 27.3 Å². The van der Waals surface area contributed by atoms with E-state index in [-0.39, 0.29) is 5.56 Å². The van der Waals surface area contributed by atoms with Crippen LogP contribution in [0.15, 0.2) is 36.4 Å². The molecule has 0 saturated carbocycles. The van der Waals surface area contributed by atoms with Gasteiger partial charge in [-0.2, -0.15) is 0 Å². The summed E-state index contributed by atoms with van der Waals surface area (Å²) in [6, 6.07) is 11.3. The summed E-state index contributed by atoms with van der Waals surface area (Å²) in [4.78, 5) is 15.6. The van der Waals surface area contributed by atoms with Crippen LogP contribution in [0.25, 0.3) is 16.7 Å². The van der Waals surface area contributed by atoms with E-state index < -0.39 is 5.97 Å². The average molecular weight is 280 g/mol. The molecule has 0 aliphatic carbocycles. The van der Waals surface area contributed by atoms with E-state index in [1.807, 2.05) is 13.0 Å². The van der Waals surface area contributed by atoms with Gasteiger partial charge in [0.15, 0.2) is 0 Å². The summed E-state index contributed by atoms with van der Waals surface area (Å²) in [7, 11) is 0. The quantitative estimate of drug-likeness (QED) is 0.779. The molecule has 0 amide bonds. The van der Waals surface area contributed by atoms with Crippen molar-refractivity contribution in [2.75, 3.05) is 0 Å². The summed E-state index contributed by atoms with van der Waals surface area (Å²) < 4.78 is 2.07. The molecule has 0 bridgehead atoms. The number of aryl methyl sites for hydroxylation is 3. The molecule has 106 valence electrons. The number of nitrogens with zero attached hydrogens (tertiary/aromatic N) is 2. The van der Waals surface area contributed by atoms with Gasteiger partial charge in [0.1, 0.15) is 5.82 Å². The average Bonchev–Trinajstić information content (AvgIpc) is 2.76. The predicted molar refractivity (Wildman–Crippen MR) is 82.2 cm³/mol. The largest absolute Gasteiger partial charge is 0.478 e. The lowest BCUT2D eigenvalue weighted by Gasteiger charge is -2.11. The first kappa shape index (κ1) is 13.4. The normalized spacial score (nSPS) is 11.0. The molecule has 1 N–H and O–H groups in total. The van der Waals surface area contributed by atoms with Crippen LogP contribution >= 0.6 is 0 Å². The zero-order valence-electron chi connectivity index (χ0n) is 12.2. The monoisotopic (exact) mass is 280 g/mol. The summed E-state index contributed by atoms with van der Waals surface area (Å²) in [5, 5.41) is 9.08. The minimum Gasteiger partial charge on any atom is -0.478 e. The van der Waals surface area contributed by atoms with Gasteiger partial charge in [-0.15, -0.1) is 0 Å². The molecule has 1 aromatic heterocycles. The van der Waals surface area contributed by atoms with Crippen LogP contribution in [0.5, 0.6) is 0 Å². The van der Waals surface area contributed by atoms with Crippen molar-refractivity contribution in [1.29, 1.82) is 0 Å². The maximum atomic E-state index is 11.1. The predicted octanol–water partition coefficient (Wildman–Crippen LogP) is 3.65. The minimum absolute atomic E-state index is 0.258. The zero-order valence-corrected chi connectivity index (χ0v) is 12.2. The SMILES string of the molecule is Cc1ccc(C)c(-n2c(C)nc3cc(C(=O)O)ccc32)c1. The molecule has 0 unspecified atom stereocenters. The maximum absolute atomic E-state index is 11.1. The second-order valence-electron chi connectivity index (χ2n) is 5.29. The molecule has 0 radical (unpaired) electrons. The highest BCUT2D eigenvalue weighted by Crippen LogP contribution is 2.25. The van der Waals surface area contributed by atoms with E-state index in [1.54, 1.807) is 12.1 Å². The Hall–Kier alpha value is -2.62. The summed E-state index contributed by atoms with van der Waals surface area (Å²) in [5.41, 5.74) is 5.30. The number of hydrogen-bond donors (Lipinski definition) is 1. The molecule has 3 rings (SSSR count). The number of carboxylic acid groups (broad SMARTS) is 1. The van der Waals surface area contributed by atoms with Crippen LogP contribution in [-0.4, -0.2) is 20.6 Å². The number of carboxylic acids is 1. The Bertz CT molecular complexity index is 863. The van der Waals surface area contributed by atoms with Gasteiger partial charge in [0.05, 0.1) is 22.3 Å². The van der Waals surface area contributed by atoms with E-state index in [9.17, 15) is 4.79 Å². The van der Waals surface area contributed by atoms with Crippen molar-refractivity contribution in [2.24, 2.45) is 0 Å². The third kappa shape index (κ3) is 2.18. The number of aromatic nitrogens is 2. The molecule has 4 nitrogen and oxygen atoms in total. The fourth-order valence-corrected chi connectivity index (χ4v) is 2.60. The van der Waals surface area contributed by atoms with Gasteiger partial charge in [0.2, 0.25) is 0 Å². The Labute approximate surface area is 122 Å². The van der Waals surface area contributed by atoms with Gasteiger partial charge in [-0.25, -0.2) is 9.78 Å². The number of imidazole rings is 1. The van der Waals surface area contributed by atoms with Crippen molar-refractivity contribution >= 4 is 17.0 Å². The lowest BCUT2D eigenvalue weighted by atomic mass is 10.1. The van der Waals surface area contributed by atoms with Gasteiger partial charge in [0, 0.05) is 0 Å². The topological polar surface area (TPSA) is 55.1 Å². The van der Waals surface area contributed by atoms with Crippen molar-refractivity contribution in [3.8, 4) is 5.69 Å². The van der Waals surface area contributed by atoms with Crippen LogP contribution in [0.4, 0.5) is 0 Å². The summed E-state index contributed by atoms with van der Waals surface area (Å²) >= 11 is 0. The van der Waals surface area contributed by atoms with Gasteiger partial charge in [-0.3, -0.25) is 4.57 Å². The Balaban J connectivity index is 2.30. The second-order valence-corrected chi connectivity index (χ2v) is 5.29. The van der Waals surface area contributed by atoms with Crippen LogP contribution < -0.4 is 0 Å². The fraction of sp³-hybridized carbons (Fsp3) is 0.176. The number of benzene rings is 2. The molecule has 0 aliphatic heterocycles. The minimum atomic E-state index is -0.934. The van der Waals surface area contributed by atoms with Gasteiger partial charge in [-0.1, -0.05) is 12.1 Å². The van der Waals surface area contributed by atoms with Gasteiger partial charge >= 0.3 is 5.97 Å². The lowest BCUT2D eigenvalue weighted by molar-refractivity contribution is 0.0697. The van der Waals surface area contributed by atoms with Crippen LogP contribution in [0.3, 0.4) is 0 Å². The van der Waals surface area contributed by atoms with E-state index in [2.05, 4.69) is 41.6 Å². The first-order valence-electron chi connectivity index (χ1n) is 6.77. The Morgan fingerprint density at radius 1 is 1.10 bits per heavy atom. The Morgan fingerprint density at radius 3 is 2.57 bits per heavy atom. The van der Waals surface area contributed by atoms with Crippen molar-refractivity contribution in [2.45, 2.75) is 20.8 Å². The molecular formula is C17H16N2O2. The highest BCUT2D eigenvalue weighted by molar-refractivity contribution is 5.92. The lowest BCUT2D eigenvalue weighted by Crippen LogP contribution is -2.00. The van der Waals surface area contributed by atoms with Crippen molar-refractivity contribution in [3.05, 3.63) is 58.9 Å². The number of rotatable bonds is 2. The summed E-state index contributed by atoms with van der Waals surface area (Å²) in [6.07, 6.45) is 0. The molecule has 1 heterocycles. The van der Waals surface area contributed by atoms with E-state index in [0.29, 0.717) is 5.52 Å². The molecular weight excluding hydrogens is 264 g/mol. The molecule has 0 fully saturated rings. The molecule has 0 saturated heterocycles. The van der Waals surface area contributed by atoms with Crippen LogP contribution in [0.2, 0.25) is 0 Å². The highest BCUT2D eigenvalue weighted by Gasteiger charge is 2.13. The zero-order chi connectivity index (χ0) is 15.1. The van der Waals surface area contributed by atoms with E-state index in [0.717, 1.165) is 22.6 Å². The third-order valence-corrected chi connectivity index (χ3v) is 3.67. The van der Waals surface area contributed by atoms with Gasteiger partial charge in [0.25, 0.3) is 0 Å². The third-order valence-electron chi connectivity index (χ3n) is 3.67. The summed E-state index contributed by atoms with van der Waals surface area (Å²) in [5.74, 6) is -0.0860. The number of carbonyl (C=O) groups is 1. The molecule has 0 spiro atoms. The maximum Gasteiger partial charge on any atom is 0.335 e. The molecule has 21 heavy (non-hydrogen) atoms. The highest BCUT2D eigenvalue weighted by atomic mass is 16.4. The Morgan fingerprint density at radius 2 is 1.86 bits per heavy atom. The van der Waals surface area contributed by atoms with Crippen LogP contribution in [0, 0.1) is 20.8 Å². The second kappa shape index (κ2) is 4.74. The molecule has 0 atom stereocenters. The van der Waals surface area contributed by atoms with Crippen molar-refractivity contribution < 1.29 is 9.90 Å². The first-order valence-corrected chi connectivity index (χ1v) is 6.77.